The van der Waals surface area contributed by atoms with Crippen LogP contribution in [0, 0.1) is 5.92 Å². The molecule has 3 fully saturated rings. The van der Waals surface area contributed by atoms with Crippen LogP contribution in [0.3, 0.4) is 0 Å². The molecule has 0 aromatic heterocycles. The summed E-state index contributed by atoms with van der Waals surface area (Å²) in [5.41, 5.74) is 4.53. The van der Waals surface area contributed by atoms with Crippen molar-refractivity contribution in [2.24, 2.45) is 5.92 Å². The lowest BCUT2D eigenvalue weighted by Crippen LogP contribution is -2.68. The highest BCUT2D eigenvalue weighted by Crippen LogP contribution is 2.38. The molecule has 2 aliphatic heterocycles. The van der Waals surface area contributed by atoms with Gasteiger partial charge in [0.2, 0.25) is 11.8 Å². The summed E-state index contributed by atoms with van der Waals surface area (Å²) in [6, 6.07) is 8.12. The van der Waals surface area contributed by atoms with Crippen molar-refractivity contribution in [2.75, 3.05) is 40.8 Å². The molecule has 3 aliphatic rings. The molecule has 1 aliphatic carbocycles. The molecule has 1 aromatic rings. The summed E-state index contributed by atoms with van der Waals surface area (Å²) in [6.07, 6.45) is 3.34. The fourth-order valence-corrected chi connectivity index (χ4v) is 5.22. The lowest BCUT2D eigenvalue weighted by molar-refractivity contribution is -0.157. The summed E-state index contributed by atoms with van der Waals surface area (Å²) in [4.78, 5) is 30.4. The van der Waals surface area contributed by atoms with Gasteiger partial charge in [0, 0.05) is 44.2 Å². The molecule has 0 spiro atoms. The van der Waals surface area contributed by atoms with Gasteiger partial charge in [-0.3, -0.25) is 15.0 Å². The Hall–Kier alpha value is -2.16. The standard InChI is InChI=1S/C23H35N5O3/c1-26(2)13-12-24-22(29)17-6-9-19-21(14-17)27(23(30)20-10-11-25-28(19)20)15-16-4-7-18(31-3)8-5-16/h4-5,7-8,17,19-21,25H,6,9-15H2,1-3H3,(H,24,29). The number of fused-ring (bicyclic) bond motifs is 3. The molecule has 2 amide bonds. The Morgan fingerprint density at radius 1 is 1.19 bits per heavy atom. The van der Waals surface area contributed by atoms with Gasteiger partial charge in [-0.25, -0.2) is 5.01 Å². The number of nitrogens with zero attached hydrogens (tertiary/aromatic N) is 3. The molecule has 0 bridgehead atoms. The van der Waals surface area contributed by atoms with Crippen LogP contribution in [-0.4, -0.2) is 85.6 Å². The van der Waals surface area contributed by atoms with E-state index in [4.69, 9.17) is 4.74 Å². The Balaban J connectivity index is 1.50. The van der Waals surface area contributed by atoms with Crippen LogP contribution in [0.1, 0.15) is 31.2 Å². The van der Waals surface area contributed by atoms with Gasteiger partial charge in [-0.1, -0.05) is 12.1 Å². The number of likely N-dealkylation sites (N-methyl/N-ethyl adjacent to an activating group) is 1. The van der Waals surface area contributed by atoms with Crippen molar-refractivity contribution in [2.45, 2.75) is 50.4 Å². The number of benzene rings is 1. The summed E-state index contributed by atoms with van der Waals surface area (Å²) in [5.74, 6) is 1.06. The van der Waals surface area contributed by atoms with E-state index in [1.165, 1.54) is 0 Å². The molecule has 4 unspecified atom stereocenters. The fourth-order valence-electron chi connectivity index (χ4n) is 5.22. The lowest BCUT2D eigenvalue weighted by atomic mass is 9.78. The second-order valence-electron chi connectivity index (χ2n) is 9.17. The summed E-state index contributed by atoms with van der Waals surface area (Å²) in [7, 11) is 5.66. The Labute approximate surface area is 184 Å². The van der Waals surface area contributed by atoms with E-state index < -0.39 is 0 Å². The van der Waals surface area contributed by atoms with Gasteiger partial charge in [-0.2, -0.15) is 0 Å². The van der Waals surface area contributed by atoms with Gasteiger partial charge in [-0.05, 0) is 57.5 Å². The van der Waals surface area contributed by atoms with Crippen LogP contribution < -0.4 is 15.5 Å². The number of rotatable bonds is 7. The summed E-state index contributed by atoms with van der Waals surface area (Å²) in [6.45, 7) is 2.89. The van der Waals surface area contributed by atoms with Crippen molar-refractivity contribution in [3.8, 4) is 5.75 Å². The maximum Gasteiger partial charge on any atom is 0.242 e. The van der Waals surface area contributed by atoms with Gasteiger partial charge < -0.3 is 19.9 Å². The van der Waals surface area contributed by atoms with Crippen LogP contribution >= 0.6 is 0 Å². The smallest absolute Gasteiger partial charge is 0.242 e. The number of methoxy groups -OCH3 is 1. The van der Waals surface area contributed by atoms with Crippen molar-refractivity contribution in [3.63, 3.8) is 0 Å². The predicted octanol–water partition coefficient (Wildman–Crippen LogP) is 0.831. The first-order valence-electron chi connectivity index (χ1n) is 11.4. The number of carbonyl (C=O) groups excluding carboxylic acids is 2. The SMILES string of the molecule is COc1ccc(CN2C(=O)C3CCNN3C3CCC(C(=O)NCCN(C)C)CC32)cc1. The zero-order chi connectivity index (χ0) is 22.0. The van der Waals surface area contributed by atoms with Crippen molar-refractivity contribution >= 4 is 11.8 Å². The number of hydrogen-bond donors (Lipinski definition) is 2. The molecule has 1 saturated carbocycles. The Kier molecular flexibility index (Phi) is 6.79. The van der Waals surface area contributed by atoms with Crippen LogP contribution in [0.4, 0.5) is 0 Å². The van der Waals surface area contributed by atoms with Crippen LogP contribution in [0.25, 0.3) is 0 Å². The number of piperazine rings is 1. The third-order valence-electron chi connectivity index (χ3n) is 6.90. The van der Waals surface area contributed by atoms with E-state index in [0.717, 1.165) is 43.7 Å². The normalized spacial score (nSPS) is 28.4. The molecule has 4 rings (SSSR count). The summed E-state index contributed by atoms with van der Waals surface area (Å²) in [5, 5.41) is 5.28. The Morgan fingerprint density at radius 2 is 1.97 bits per heavy atom. The second kappa shape index (κ2) is 9.54. The van der Waals surface area contributed by atoms with Gasteiger partial charge >= 0.3 is 0 Å². The minimum absolute atomic E-state index is 0.0369. The van der Waals surface area contributed by atoms with Crippen molar-refractivity contribution in [1.82, 2.24) is 25.6 Å². The molecule has 2 heterocycles. The summed E-state index contributed by atoms with van der Waals surface area (Å²) >= 11 is 0. The van der Waals surface area contributed by atoms with E-state index >= 15 is 0 Å². The predicted molar refractivity (Wildman–Crippen MR) is 118 cm³/mol. The molecule has 1 aromatic carbocycles. The first kappa shape index (κ1) is 22.0. The molecule has 170 valence electrons. The second-order valence-corrected chi connectivity index (χ2v) is 9.17. The highest BCUT2D eigenvalue weighted by atomic mass is 16.5. The van der Waals surface area contributed by atoms with E-state index in [9.17, 15) is 9.59 Å². The third-order valence-corrected chi connectivity index (χ3v) is 6.90. The number of hydrazine groups is 1. The minimum atomic E-state index is -0.0926. The van der Waals surface area contributed by atoms with Crippen molar-refractivity contribution < 1.29 is 14.3 Å². The van der Waals surface area contributed by atoms with E-state index in [1.54, 1.807) is 7.11 Å². The van der Waals surface area contributed by atoms with E-state index in [1.807, 2.05) is 43.3 Å². The monoisotopic (exact) mass is 429 g/mol. The minimum Gasteiger partial charge on any atom is -0.497 e. The molecule has 31 heavy (non-hydrogen) atoms. The van der Waals surface area contributed by atoms with Gasteiger partial charge in [-0.15, -0.1) is 0 Å². The Bertz CT molecular complexity index is 784. The van der Waals surface area contributed by atoms with E-state index in [-0.39, 0.29) is 35.9 Å². The van der Waals surface area contributed by atoms with Crippen LogP contribution in [0.5, 0.6) is 5.75 Å². The number of amides is 2. The van der Waals surface area contributed by atoms with Gasteiger partial charge in [0.05, 0.1) is 7.11 Å². The molecule has 0 radical (unpaired) electrons. The maximum atomic E-state index is 13.4. The first-order chi connectivity index (χ1) is 15.0. The molecule has 4 atom stereocenters. The zero-order valence-electron chi connectivity index (χ0n) is 18.8. The van der Waals surface area contributed by atoms with Gasteiger partial charge in [0.25, 0.3) is 0 Å². The van der Waals surface area contributed by atoms with Crippen molar-refractivity contribution in [3.05, 3.63) is 29.8 Å². The third kappa shape index (κ3) is 4.71. The van der Waals surface area contributed by atoms with Crippen LogP contribution in [0.15, 0.2) is 24.3 Å². The molecular weight excluding hydrogens is 394 g/mol. The first-order valence-corrected chi connectivity index (χ1v) is 11.4. The fraction of sp³-hybridized carbons (Fsp3) is 0.652. The zero-order valence-corrected chi connectivity index (χ0v) is 18.8. The number of carbonyl (C=O) groups is 2. The largest absolute Gasteiger partial charge is 0.497 e. The number of nitrogens with one attached hydrogen (secondary N) is 2. The molecule has 8 nitrogen and oxygen atoms in total. The van der Waals surface area contributed by atoms with Gasteiger partial charge in [0.15, 0.2) is 0 Å². The highest BCUT2D eigenvalue weighted by Gasteiger charge is 2.51. The average Bonchev–Trinajstić information content (AvgIpc) is 3.26. The van der Waals surface area contributed by atoms with Crippen LogP contribution in [-0.2, 0) is 16.1 Å². The highest BCUT2D eigenvalue weighted by molar-refractivity contribution is 5.84. The molecule has 2 saturated heterocycles. The van der Waals surface area contributed by atoms with E-state index in [2.05, 4.69) is 20.7 Å². The average molecular weight is 430 g/mol. The lowest BCUT2D eigenvalue weighted by Gasteiger charge is -2.51. The van der Waals surface area contributed by atoms with E-state index in [0.29, 0.717) is 19.5 Å². The quantitative estimate of drug-likeness (QED) is 0.669. The van der Waals surface area contributed by atoms with Crippen molar-refractivity contribution in [1.29, 1.82) is 0 Å². The van der Waals surface area contributed by atoms with Gasteiger partial charge in [0.1, 0.15) is 11.8 Å². The van der Waals surface area contributed by atoms with Crippen LogP contribution in [0.2, 0.25) is 0 Å². The molecular formula is C23H35N5O3. The molecule has 2 N–H and O–H groups in total. The number of ether oxygens (including phenoxy) is 1. The Morgan fingerprint density at radius 3 is 2.68 bits per heavy atom. The molecule has 8 heteroatoms. The maximum absolute atomic E-state index is 13.4. The summed E-state index contributed by atoms with van der Waals surface area (Å²) < 4.78 is 5.27. The number of hydrogen-bond acceptors (Lipinski definition) is 6. The topological polar surface area (TPSA) is 77.1 Å².